The van der Waals surface area contributed by atoms with Crippen molar-refractivity contribution >= 4 is 23.2 Å². The second-order valence-corrected chi connectivity index (χ2v) is 8.96. The van der Waals surface area contributed by atoms with Crippen LogP contribution in [0.3, 0.4) is 0 Å². The number of rotatable bonds is 6. The van der Waals surface area contributed by atoms with E-state index in [4.69, 9.17) is 11.6 Å². The van der Waals surface area contributed by atoms with Crippen molar-refractivity contribution in [1.82, 2.24) is 14.7 Å². The van der Waals surface area contributed by atoms with Crippen molar-refractivity contribution < 1.29 is 4.79 Å². The highest BCUT2D eigenvalue weighted by Crippen LogP contribution is 2.25. The first-order chi connectivity index (χ1) is 13.8. The Morgan fingerprint density at radius 1 is 1.14 bits per heavy atom. The van der Waals surface area contributed by atoms with Gasteiger partial charge in [-0.15, -0.1) is 0 Å². The molecule has 5 nitrogen and oxygen atoms in total. The second kappa shape index (κ2) is 9.21. The number of halogens is 1. The van der Waals surface area contributed by atoms with E-state index in [1.165, 1.54) is 22.5 Å². The van der Waals surface area contributed by atoms with Crippen molar-refractivity contribution in [2.75, 3.05) is 31.1 Å². The fourth-order valence-electron chi connectivity index (χ4n) is 4.13. The highest BCUT2D eigenvalue weighted by atomic mass is 35.5. The number of benzene rings is 1. The molecule has 1 aromatic heterocycles. The molecule has 1 aromatic carbocycles. The van der Waals surface area contributed by atoms with E-state index in [-0.39, 0.29) is 5.91 Å². The molecule has 6 heteroatoms. The summed E-state index contributed by atoms with van der Waals surface area (Å²) in [6.45, 7) is 14.8. The van der Waals surface area contributed by atoms with Crippen LogP contribution >= 0.6 is 11.6 Å². The molecule has 0 spiro atoms. The number of piperazine rings is 1. The van der Waals surface area contributed by atoms with E-state index < -0.39 is 0 Å². The lowest BCUT2D eigenvalue weighted by Gasteiger charge is -2.37. The van der Waals surface area contributed by atoms with E-state index >= 15 is 0 Å². The van der Waals surface area contributed by atoms with Gasteiger partial charge in [0.1, 0.15) is 0 Å². The van der Waals surface area contributed by atoms with Gasteiger partial charge in [-0.1, -0.05) is 31.5 Å². The Bertz CT molecular complexity index is 866. The van der Waals surface area contributed by atoms with E-state index in [9.17, 15) is 4.79 Å². The molecular weight excluding hydrogens is 384 g/mol. The van der Waals surface area contributed by atoms with E-state index in [2.05, 4.69) is 55.4 Å². The third-order valence-electron chi connectivity index (χ3n) is 5.80. The van der Waals surface area contributed by atoms with Gasteiger partial charge in [0.2, 0.25) is 5.91 Å². The summed E-state index contributed by atoms with van der Waals surface area (Å²) in [4.78, 5) is 17.1. The van der Waals surface area contributed by atoms with E-state index in [0.29, 0.717) is 12.3 Å². The highest BCUT2D eigenvalue weighted by molar-refractivity contribution is 6.30. The second-order valence-electron chi connectivity index (χ2n) is 8.52. The van der Waals surface area contributed by atoms with Gasteiger partial charge in [-0.25, -0.2) is 0 Å². The first-order valence-corrected chi connectivity index (χ1v) is 11.0. The number of hydrogen-bond donors (Lipinski definition) is 0. The number of amides is 1. The van der Waals surface area contributed by atoms with E-state index in [1.54, 1.807) is 0 Å². The first kappa shape index (κ1) is 21.7. The number of anilines is 1. The molecule has 2 aromatic rings. The molecule has 1 amide bonds. The lowest BCUT2D eigenvalue weighted by atomic mass is 10.1. The molecule has 3 rings (SSSR count). The van der Waals surface area contributed by atoms with Crippen LogP contribution in [0.25, 0.3) is 0 Å². The monoisotopic (exact) mass is 416 g/mol. The van der Waals surface area contributed by atoms with Crippen LogP contribution in [0, 0.1) is 26.7 Å². The van der Waals surface area contributed by atoms with Crippen LogP contribution in [0.15, 0.2) is 18.2 Å². The molecule has 0 bridgehead atoms. The van der Waals surface area contributed by atoms with Crippen molar-refractivity contribution in [2.45, 2.75) is 54.0 Å². The van der Waals surface area contributed by atoms with E-state index in [1.807, 2.05) is 17.0 Å². The predicted molar refractivity (Wildman–Crippen MR) is 120 cm³/mol. The fraction of sp³-hybridized carbons (Fsp3) is 0.565. The molecule has 0 unspecified atom stereocenters. The minimum absolute atomic E-state index is 0.239. The smallest absolute Gasteiger partial charge is 0.223 e. The molecule has 1 fully saturated rings. The maximum atomic E-state index is 12.8. The summed E-state index contributed by atoms with van der Waals surface area (Å²) in [7, 11) is 0. The third kappa shape index (κ3) is 5.13. The van der Waals surface area contributed by atoms with Gasteiger partial charge in [0, 0.05) is 55.5 Å². The minimum Gasteiger partial charge on any atom is -0.368 e. The van der Waals surface area contributed by atoms with Crippen LogP contribution in [0.2, 0.25) is 5.02 Å². The largest absolute Gasteiger partial charge is 0.368 e. The number of hydrogen-bond acceptors (Lipinski definition) is 3. The normalized spacial score (nSPS) is 14.7. The summed E-state index contributed by atoms with van der Waals surface area (Å²) >= 11 is 6.17. The number of aryl methyl sites for hydroxylation is 2. The zero-order chi connectivity index (χ0) is 21.1. The molecule has 1 saturated heterocycles. The molecular formula is C23H33ClN4O. The Morgan fingerprint density at radius 3 is 2.48 bits per heavy atom. The van der Waals surface area contributed by atoms with Crippen molar-refractivity contribution in [3.8, 4) is 0 Å². The summed E-state index contributed by atoms with van der Waals surface area (Å²) in [6, 6.07) is 6.00. The molecule has 29 heavy (non-hydrogen) atoms. The van der Waals surface area contributed by atoms with Crippen LogP contribution < -0.4 is 4.90 Å². The van der Waals surface area contributed by atoms with Crippen LogP contribution in [0.1, 0.15) is 42.8 Å². The Labute approximate surface area is 179 Å². The lowest BCUT2D eigenvalue weighted by molar-refractivity contribution is -0.131. The number of nitrogens with zero attached hydrogens (tertiary/aromatic N) is 4. The number of carbonyl (C=O) groups is 1. The Kier molecular flexibility index (Phi) is 6.89. The first-order valence-electron chi connectivity index (χ1n) is 10.6. The van der Waals surface area contributed by atoms with Crippen molar-refractivity contribution in [1.29, 1.82) is 0 Å². The summed E-state index contributed by atoms with van der Waals surface area (Å²) in [5.74, 6) is 0.796. The average molecular weight is 417 g/mol. The lowest BCUT2D eigenvalue weighted by Crippen LogP contribution is -2.49. The van der Waals surface area contributed by atoms with Gasteiger partial charge >= 0.3 is 0 Å². The predicted octanol–water partition coefficient (Wildman–Crippen LogP) is 4.40. The number of carbonyl (C=O) groups excluding carboxylic acids is 1. The Hall–Kier alpha value is -2.01. The van der Waals surface area contributed by atoms with Crippen LogP contribution in [0.4, 0.5) is 5.69 Å². The molecule has 0 radical (unpaired) electrons. The van der Waals surface area contributed by atoms with Crippen molar-refractivity contribution in [3.63, 3.8) is 0 Å². The average Bonchev–Trinajstić information content (AvgIpc) is 2.94. The van der Waals surface area contributed by atoms with Crippen molar-refractivity contribution in [3.05, 3.63) is 45.7 Å². The van der Waals surface area contributed by atoms with Crippen LogP contribution in [0.5, 0.6) is 0 Å². The zero-order valence-corrected chi connectivity index (χ0v) is 19.1. The topological polar surface area (TPSA) is 41.4 Å². The SMILES string of the molecule is Cc1ccc(Cl)cc1N1CCN(C(=O)CCc2c(C)nn(CC(C)C)c2C)CC1. The molecule has 158 valence electrons. The summed E-state index contributed by atoms with van der Waals surface area (Å²) in [5.41, 5.74) is 5.88. The van der Waals surface area contributed by atoms with Gasteiger partial charge in [-0.05, 0) is 56.4 Å². The van der Waals surface area contributed by atoms with Gasteiger partial charge in [-0.2, -0.15) is 5.10 Å². The maximum absolute atomic E-state index is 12.8. The molecule has 2 heterocycles. The quantitative estimate of drug-likeness (QED) is 0.700. The van der Waals surface area contributed by atoms with Crippen LogP contribution in [-0.2, 0) is 17.8 Å². The van der Waals surface area contributed by atoms with Gasteiger partial charge in [0.25, 0.3) is 0 Å². The molecule has 0 saturated carbocycles. The highest BCUT2D eigenvalue weighted by Gasteiger charge is 2.23. The molecule has 0 atom stereocenters. The van der Waals surface area contributed by atoms with Gasteiger partial charge in [0.15, 0.2) is 0 Å². The zero-order valence-electron chi connectivity index (χ0n) is 18.3. The maximum Gasteiger partial charge on any atom is 0.223 e. The van der Waals surface area contributed by atoms with Crippen LogP contribution in [-0.4, -0.2) is 46.8 Å². The summed E-state index contributed by atoms with van der Waals surface area (Å²) in [6.07, 6.45) is 1.31. The summed E-state index contributed by atoms with van der Waals surface area (Å²) in [5, 5.41) is 5.43. The standard InChI is InChI=1S/C23H33ClN4O/c1-16(2)15-28-19(5)21(18(4)25-28)8-9-23(29)27-12-10-26(11-13-27)22-14-20(24)7-6-17(22)3/h6-7,14,16H,8-13,15H2,1-5H3. The minimum atomic E-state index is 0.239. The Balaban J connectivity index is 1.55. The molecule has 1 aliphatic heterocycles. The molecule has 1 aliphatic rings. The third-order valence-corrected chi connectivity index (χ3v) is 6.04. The molecule has 0 aliphatic carbocycles. The summed E-state index contributed by atoms with van der Waals surface area (Å²) < 4.78 is 2.09. The van der Waals surface area contributed by atoms with Gasteiger partial charge in [0.05, 0.1) is 5.69 Å². The molecule has 0 N–H and O–H groups in total. The van der Waals surface area contributed by atoms with Gasteiger partial charge in [-0.3, -0.25) is 9.48 Å². The van der Waals surface area contributed by atoms with Crippen molar-refractivity contribution in [2.24, 2.45) is 5.92 Å². The van der Waals surface area contributed by atoms with E-state index in [0.717, 1.165) is 49.9 Å². The fourth-order valence-corrected chi connectivity index (χ4v) is 4.30. The number of aromatic nitrogens is 2. The van der Waals surface area contributed by atoms with Gasteiger partial charge < -0.3 is 9.80 Å². The Morgan fingerprint density at radius 2 is 1.83 bits per heavy atom.